The van der Waals surface area contributed by atoms with Gasteiger partial charge in [0.2, 0.25) is 0 Å². The normalized spacial score (nSPS) is 10.5. The van der Waals surface area contributed by atoms with Crippen molar-refractivity contribution in [3.8, 4) is 11.5 Å². The summed E-state index contributed by atoms with van der Waals surface area (Å²) in [6, 6.07) is 13.5. The molecule has 2 N–H and O–H groups in total. The van der Waals surface area contributed by atoms with E-state index in [4.69, 9.17) is 9.47 Å². The molecule has 0 saturated heterocycles. The first kappa shape index (κ1) is 19.6. The number of rotatable bonds is 8. The third kappa shape index (κ3) is 5.69. The number of hydrogen-bond donors (Lipinski definition) is 2. The lowest BCUT2D eigenvalue weighted by Gasteiger charge is -2.12. The minimum Gasteiger partial charge on any atom is -0.493 e. The zero-order chi connectivity index (χ0) is 18.9. The number of nitrogens with one attached hydrogen (secondary N) is 2. The summed E-state index contributed by atoms with van der Waals surface area (Å²) in [6.45, 7) is 7.35. The quantitative estimate of drug-likeness (QED) is 0.728. The third-order valence-corrected chi connectivity index (χ3v) is 4.06. The Hall–Kier alpha value is -2.69. The first-order valence-corrected chi connectivity index (χ1v) is 8.98. The zero-order valence-corrected chi connectivity index (χ0v) is 16.0. The number of amides is 2. The molecule has 0 radical (unpaired) electrons. The summed E-state index contributed by atoms with van der Waals surface area (Å²) in [5, 5.41) is 5.72. The molecule has 0 aliphatic heterocycles. The Kier molecular flexibility index (Phi) is 7.33. The van der Waals surface area contributed by atoms with Crippen molar-refractivity contribution in [1.29, 1.82) is 0 Å². The fraction of sp³-hybridized carbons (Fsp3) is 0.381. The van der Waals surface area contributed by atoms with Crippen LogP contribution in [-0.2, 0) is 6.42 Å². The van der Waals surface area contributed by atoms with Crippen molar-refractivity contribution in [1.82, 2.24) is 5.32 Å². The lowest BCUT2D eigenvalue weighted by atomic mass is 10.0. The Labute approximate surface area is 155 Å². The molecule has 26 heavy (non-hydrogen) atoms. The zero-order valence-electron chi connectivity index (χ0n) is 16.0. The molecule has 2 aromatic carbocycles. The summed E-state index contributed by atoms with van der Waals surface area (Å²) in [4.78, 5) is 12.0. The number of carbonyl (C=O) groups is 1. The van der Waals surface area contributed by atoms with Crippen molar-refractivity contribution in [3.63, 3.8) is 0 Å². The molecule has 0 saturated carbocycles. The molecule has 0 unspecified atom stereocenters. The van der Waals surface area contributed by atoms with Crippen LogP contribution in [0.5, 0.6) is 11.5 Å². The van der Waals surface area contributed by atoms with E-state index < -0.39 is 0 Å². The highest BCUT2D eigenvalue weighted by Crippen LogP contribution is 2.28. The highest BCUT2D eigenvalue weighted by Gasteiger charge is 2.06. The van der Waals surface area contributed by atoms with E-state index in [1.54, 1.807) is 7.11 Å². The first-order valence-electron chi connectivity index (χ1n) is 8.98. The van der Waals surface area contributed by atoms with Gasteiger partial charge in [-0.25, -0.2) is 4.79 Å². The Morgan fingerprint density at radius 3 is 2.42 bits per heavy atom. The van der Waals surface area contributed by atoms with Gasteiger partial charge in [-0.2, -0.15) is 0 Å². The molecule has 140 valence electrons. The summed E-state index contributed by atoms with van der Waals surface area (Å²) in [7, 11) is 1.62. The van der Waals surface area contributed by atoms with Crippen molar-refractivity contribution >= 4 is 11.7 Å². The Bertz CT molecular complexity index is 712. The largest absolute Gasteiger partial charge is 0.493 e. The van der Waals surface area contributed by atoms with Gasteiger partial charge in [0.05, 0.1) is 13.7 Å². The van der Waals surface area contributed by atoms with Crippen LogP contribution < -0.4 is 20.1 Å². The summed E-state index contributed by atoms with van der Waals surface area (Å²) in [6.07, 6.45) is 0.711. The van der Waals surface area contributed by atoms with Gasteiger partial charge in [-0.3, -0.25) is 0 Å². The number of ether oxygens (including phenoxy) is 2. The number of hydrogen-bond acceptors (Lipinski definition) is 3. The maximum atomic E-state index is 12.0. The van der Waals surface area contributed by atoms with Gasteiger partial charge in [-0.15, -0.1) is 0 Å². The van der Waals surface area contributed by atoms with Gasteiger partial charge < -0.3 is 20.1 Å². The molecule has 0 atom stereocenters. The molecule has 0 aliphatic carbocycles. The second kappa shape index (κ2) is 9.70. The van der Waals surface area contributed by atoms with Crippen molar-refractivity contribution in [2.45, 2.75) is 33.1 Å². The monoisotopic (exact) mass is 356 g/mol. The minimum absolute atomic E-state index is 0.208. The van der Waals surface area contributed by atoms with Crippen molar-refractivity contribution < 1.29 is 14.3 Å². The first-order chi connectivity index (χ1) is 12.5. The SMILES string of the molecule is CCOc1ccc(CCNC(=O)Nc2ccc(C(C)C)cc2)cc1OC. The van der Waals surface area contributed by atoms with E-state index in [-0.39, 0.29) is 6.03 Å². The molecule has 0 heterocycles. The van der Waals surface area contributed by atoms with Crippen LogP contribution in [0.4, 0.5) is 10.5 Å². The molecule has 0 aromatic heterocycles. The van der Waals surface area contributed by atoms with Gasteiger partial charge in [0, 0.05) is 12.2 Å². The van der Waals surface area contributed by atoms with Gasteiger partial charge in [-0.05, 0) is 54.7 Å². The number of anilines is 1. The maximum Gasteiger partial charge on any atom is 0.319 e. The third-order valence-electron chi connectivity index (χ3n) is 4.06. The predicted octanol–water partition coefficient (Wildman–Crippen LogP) is 4.58. The average Bonchev–Trinajstić information content (AvgIpc) is 2.63. The molecule has 0 aliphatic rings. The number of urea groups is 1. The number of carbonyl (C=O) groups excluding carboxylic acids is 1. The second-order valence-corrected chi connectivity index (χ2v) is 6.33. The summed E-state index contributed by atoms with van der Waals surface area (Å²) in [5.74, 6) is 1.91. The second-order valence-electron chi connectivity index (χ2n) is 6.33. The molecule has 0 fully saturated rings. The van der Waals surface area contributed by atoms with E-state index in [9.17, 15) is 4.79 Å². The lowest BCUT2D eigenvalue weighted by Crippen LogP contribution is -2.30. The number of benzene rings is 2. The van der Waals surface area contributed by atoms with E-state index >= 15 is 0 Å². The highest BCUT2D eigenvalue weighted by molar-refractivity contribution is 5.89. The van der Waals surface area contributed by atoms with Gasteiger partial charge in [0.25, 0.3) is 0 Å². The molecule has 2 rings (SSSR count). The fourth-order valence-electron chi connectivity index (χ4n) is 2.59. The Morgan fingerprint density at radius 2 is 1.81 bits per heavy atom. The smallest absolute Gasteiger partial charge is 0.319 e. The van der Waals surface area contributed by atoms with Gasteiger partial charge in [-0.1, -0.05) is 32.0 Å². The topological polar surface area (TPSA) is 59.6 Å². The molecular weight excluding hydrogens is 328 g/mol. The van der Waals surface area contributed by atoms with E-state index in [1.165, 1.54) is 5.56 Å². The van der Waals surface area contributed by atoms with Crippen LogP contribution in [-0.4, -0.2) is 26.3 Å². The van der Waals surface area contributed by atoms with Crippen LogP contribution in [0.2, 0.25) is 0 Å². The van der Waals surface area contributed by atoms with E-state index in [0.717, 1.165) is 17.0 Å². The van der Waals surface area contributed by atoms with Crippen LogP contribution >= 0.6 is 0 Å². The summed E-state index contributed by atoms with van der Waals surface area (Å²) in [5.41, 5.74) is 3.11. The highest BCUT2D eigenvalue weighted by atomic mass is 16.5. The Balaban J connectivity index is 1.82. The summed E-state index contributed by atoms with van der Waals surface area (Å²) < 4.78 is 10.9. The van der Waals surface area contributed by atoms with Crippen LogP contribution in [0.1, 0.15) is 37.8 Å². The Morgan fingerprint density at radius 1 is 1.08 bits per heavy atom. The van der Waals surface area contributed by atoms with E-state index in [1.807, 2.05) is 49.4 Å². The lowest BCUT2D eigenvalue weighted by molar-refractivity contribution is 0.252. The fourth-order valence-corrected chi connectivity index (χ4v) is 2.59. The van der Waals surface area contributed by atoms with E-state index in [0.29, 0.717) is 31.2 Å². The van der Waals surface area contributed by atoms with Crippen LogP contribution in [0.25, 0.3) is 0 Å². The molecule has 0 spiro atoms. The molecule has 5 nitrogen and oxygen atoms in total. The van der Waals surface area contributed by atoms with Crippen molar-refractivity contribution in [2.24, 2.45) is 0 Å². The molecule has 2 aromatic rings. The van der Waals surface area contributed by atoms with Gasteiger partial charge in [0.15, 0.2) is 11.5 Å². The van der Waals surface area contributed by atoms with Crippen LogP contribution in [0, 0.1) is 0 Å². The summed E-state index contributed by atoms with van der Waals surface area (Å²) >= 11 is 0. The minimum atomic E-state index is -0.208. The van der Waals surface area contributed by atoms with Crippen LogP contribution in [0.15, 0.2) is 42.5 Å². The molecule has 5 heteroatoms. The molecular formula is C21H28N2O3. The number of methoxy groups -OCH3 is 1. The standard InChI is InChI=1S/C21H28N2O3/c1-5-26-19-11-6-16(14-20(19)25-4)12-13-22-21(24)23-18-9-7-17(8-10-18)15(2)3/h6-11,14-15H,5,12-13H2,1-4H3,(H2,22,23,24). The van der Waals surface area contributed by atoms with Gasteiger partial charge in [0.1, 0.15) is 0 Å². The molecule has 0 bridgehead atoms. The van der Waals surface area contributed by atoms with Crippen molar-refractivity contribution in [2.75, 3.05) is 25.6 Å². The van der Waals surface area contributed by atoms with E-state index in [2.05, 4.69) is 24.5 Å². The van der Waals surface area contributed by atoms with Gasteiger partial charge >= 0.3 is 6.03 Å². The predicted molar refractivity (Wildman–Crippen MR) is 105 cm³/mol. The maximum absolute atomic E-state index is 12.0. The van der Waals surface area contributed by atoms with Crippen molar-refractivity contribution in [3.05, 3.63) is 53.6 Å². The molecule has 2 amide bonds. The average molecular weight is 356 g/mol. The van der Waals surface area contributed by atoms with Crippen LogP contribution in [0.3, 0.4) is 0 Å².